The minimum Gasteiger partial charge on any atom is -0.328 e. The Morgan fingerprint density at radius 3 is 2.76 bits per heavy atom. The Kier molecular flexibility index (Phi) is 3.40. The summed E-state index contributed by atoms with van der Waals surface area (Å²) in [6, 6.07) is -0.0105. The van der Waals surface area contributed by atoms with Crippen LogP contribution in [0.4, 0.5) is 0 Å². The minimum absolute atomic E-state index is 0.0105. The SMILES string of the molecule is CCCc1nn(C)c2c1[nH]c(=S)n2C(C)c1nncn1C. The number of fused-ring (bicyclic) bond motifs is 1. The topological polar surface area (TPSA) is 69.2 Å². The Balaban J connectivity index is 2.21. The van der Waals surface area contributed by atoms with Crippen molar-refractivity contribution in [2.75, 3.05) is 0 Å². The fraction of sp³-hybridized carbons (Fsp3) is 0.538. The van der Waals surface area contributed by atoms with Gasteiger partial charge in [-0.05, 0) is 25.6 Å². The molecule has 1 N–H and O–H groups in total. The van der Waals surface area contributed by atoms with E-state index >= 15 is 0 Å². The molecule has 8 heteroatoms. The number of H-pyrrole nitrogens is 1. The lowest BCUT2D eigenvalue weighted by molar-refractivity contribution is 0.565. The molecule has 1 atom stereocenters. The van der Waals surface area contributed by atoms with Crippen molar-refractivity contribution >= 4 is 23.4 Å². The van der Waals surface area contributed by atoms with Gasteiger partial charge >= 0.3 is 0 Å². The van der Waals surface area contributed by atoms with Crippen LogP contribution in [0.1, 0.15) is 37.8 Å². The zero-order valence-corrected chi connectivity index (χ0v) is 13.5. The first-order chi connectivity index (χ1) is 10.0. The smallest absolute Gasteiger partial charge is 0.180 e. The number of nitrogens with one attached hydrogen (secondary N) is 1. The summed E-state index contributed by atoms with van der Waals surface area (Å²) in [6.45, 7) is 4.22. The first-order valence-corrected chi connectivity index (χ1v) is 7.45. The molecule has 3 aromatic rings. The van der Waals surface area contributed by atoms with Crippen LogP contribution in [-0.4, -0.2) is 34.1 Å². The molecule has 0 bridgehead atoms. The molecule has 0 saturated heterocycles. The lowest BCUT2D eigenvalue weighted by atomic mass is 10.2. The molecule has 0 fully saturated rings. The zero-order valence-electron chi connectivity index (χ0n) is 12.7. The van der Waals surface area contributed by atoms with Crippen LogP contribution in [0.15, 0.2) is 6.33 Å². The van der Waals surface area contributed by atoms with Gasteiger partial charge in [0.05, 0.1) is 11.7 Å². The van der Waals surface area contributed by atoms with E-state index in [9.17, 15) is 0 Å². The molecule has 3 rings (SSSR count). The molecule has 0 aromatic carbocycles. The van der Waals surface area contributed by atoms with E-state index in [0.29, 0.717) is 4.77 Å². The van der Waals surface area contributed by atoms with Crippen molar-refractivity contribution in [2.24, 2.45) is 14.1 Å². The fourth-order valence-electron chi connectivity index (χ4n) is 2.79. The largest absolute Gasteiger partial charge is 0.328 e. The number of aryl methyl sites for hydroxylation is 3. The molecular weight excluding hydrogens is 286 g/mol. The van der Waals surface area contributed by atoms with Gasteiger partial charge < -0.3 is 9.55 Å². The summed E-state index contributed by atoms with van der Waals surface area (Å²) < 4.78 is 6.54. The van der Waals surface area contributed by atoms with Crippen molar-refractivity contribution in [1.29, 1.82) is 0 Å². The second-order valence-corrected chi connectivity index (χ2v) is 5.68. The van der Waals surface area contributed by atoms with Crippen LogP contribution in [0, 0.1) is 4.77 Å². The number of hydrogen-bond acceptors (Lipinski definition) is 4. The molecular formula is C13H19N7S. The molecule has 0 aliphatic carbocycles. The summed E-state index contributed by atoms with van der Waals surface area (Å²) in [4.78, 5) is 3.30. The molecule has 0 aliphatic rings. The average Bonchev–Trinajstić information content (AvgIpc) is 3.07. The highest BCUT2D eigenvalue weighted by Gasteiger charge is 2.21. The Hall–Kier alpha value is -1.96. The number of hydrogen-bond donors (Lipinski definition) is 1. The number of nitrogens with zero attached hydrogens (tertiary/aromatic N) is 6. The maximum Gasteiger partial charge on any atom is 0.180 e. The van der Waals surface area contributed by atoms with Crippen molar-refractivity contribution in [1.82, 2.24) is 34.1 Å². The van der Waals surface area contributed by atoms with Crippen molar-refractivity contribution < 1.29 is 0 Å². The first kappa shape index (κ1) is 14.0. The molecule has 7 nitrogen and oxygen atoms in total. The summed E-state index contributed by atoms with van der Waals surface area (Å²) in [5.74, 6) is 0.866. The second-order valence-electron chi connectivity index (χ2n) is 5.30. The summed E-state index contributed by atoms with van der Waals surface area (Å²) in [5, 5.41) is 12.7. The van der Waals surface area contributed by atoms with Gasteiger partial charge in [0.15, 0.2) is 16.2 Å². The predicted octanol–water partition coefficient (Wildman–Crippen LogP) is 2.12. The van der Waals surface area contributed by atoms with E-state index in [-0.39, 0.29) is 6.04 Å². The Bertz CT molecular complexity index is 835. The van der Waals surface area contributed by atoms with Crippen molar-refractivity contribution in [3.05, 3.63) is 22.6 Å². The maximum absolute atomic E-state index is 5.51. The van der Waals surface area contributed by atoms with E-state index in [0.717, 1.165) is 35.5 Å². The summed E-state index contributed by atoms with van der Waals surface area (Å²) in [7, 11) is 3.88. The van der Waals surface area contributed by atoms with Gasteiger partial charge in [0, 0.05) is 14.1 Å². The van der Waals surface area contributed by atoms with E-state index in [4.69, 9.17) is 12.2 Å². The maximum atomic E-state index is 5.51. The van der Waals surface area contributed by atoms with Gasteiger partial charge in [0.25, 0.3) is 0 Å². The fourth-order valence-corrected chi connectivity index (χ4v) is 3.14. The molecule has 1 unspecified atom stereocenters. The van der Waals surface area contributed by atoms with Crippen LogP contribution in [0.5, 0.6) is 0 Å². The Labute approximate surface area is 127 Å². The molecule has 3 aromatic heterocycles. The highest BCUT2D eigenvalue weighted by atomic mass is 32.1. The van der Waals surface area contributed by atoms with Crippen molar-refractivity contribution in [3.63, 3.8) is 0 Å². The van der Waals surface area contributed by atoms with Gasteiger partial charge in [0.1, 0.15) is 11.8 Å². The highest BCUT2D eigenvalue weighted by molar-refractivity contribution is 7.71. The first-order valence-electron chi connectivity index (χ1n) is 7.04. The van der Waals surface area contributed by atoms with Crippen LogP contribution in [-0.2, 0) is 20.5 Å². The standard InChI is InChI=1S/C13H19N7S/c1-5-6-9-10-12(19(4)17-9)20(13(21)15-10)8(2)11-16-14-7-18(11)3/h7-8H,5-6H2,1-4H3,(H,15,21). The summed E-state index contributed by atoms with van der Waals surface area (Å²) >= 11 is 5.51. The lowest BCUT2D eigenvalue weighted by Gasteiger charge is -2.13. The number of rotatable bonds is 4. The molecule has 0 spiro atoms. The van der Waals surface area contributed by atoms with Gasteiger partial charge in [0.2, 0.25) is 0 Å². The van der Waals surface area contributed by atoms with Gasteiger partial charge in [-0.25, -0.2) is 0 Å². The molecule has 0 saturated carbocycles. The number of aromatic amines is 1. The lowest BCUT2D eigenvalue weighted by Crippen LogP contribution is -2.13. The Morgan fingerprint density at radius 2 is 2.14 bits per heavy atom. The van der Waals surface area contributed by atoms with Crippen LogP contribution in [0.25, 0.3) is 11.2 Å². The van der Waals surface area contributed by atoms with E-state index in [1.807, 2.05) is 23.3 Å². The molecule has 112 valence electrons. The third kappa shape index (κ3) is 2.10. The van der Waals surface area contributed by atoms with Crippen LogP contribution < -0.4 is 0 Å². The van der Waals surface area contributed by atoms with Gasteiger partial charge in [-0.1, -0.05) is 13.3 Å². The third-order valence-corrected chi connectivity index (χ3v) is 4.06. The molecule has 0 aliphatic heterocycles. The third-order valence-electron chi connectivity index (χ3n) is 3.76. The number of aromatic nitrogens is 7. The van der Waals surface area contributed by atoms with Gasteiger partial charge in [-0.3, -0.25) is 9.25 Å². The van der Waals surface area contributed by atoms with E-state index in [1.54, 1.807) is 6.33 Å². The number of imidazole rings is 1. The quantitative estimate of drug-likeness (QED) is 0.750. The van der Waals surface area contributed by atoms with E-state index < -0.39 is 0 Å². The van der Waals surface area contributed by atoms with Gasteiger partial charge in [-0.15, -0.1) is 10.2 Å². The van der Waals surface area contributed by atoms with E-state index in [2.05, 4.69) is 38.7 Å². The van der Waals surface area contributed by atoms with Crippen molar-refractivity contribution in [3.8, 4) is 0 Å². The molecule has 21 heavy (non-hydrogen) atoms. The predicted molar refractivity (Wildman–Crippen MR) is 82.7 cm³/mol. The van der Waals surface area contributed by atoms with Crippen LogP contribution >= 0.6 is 12.2 Å². The molecule has 3 heterocycles. The van der Waals surface area contributed by atoms with Crippen molar-refractivity contribution in [2.45, 2.75) is 32.7 Å². The second kappa shape index (κ2) is 5.10. The molecule has 0 radical (unpaired) electrons. The summed E-state index contributed by atoms with van der Waals surface area (Å²) in [6.07, 6.45) is 3.69. The van der Waals surface area contributed by atoms with E-state index in [1.165, 1.54) is 0 Å². The molecule has 0 amide bonds. The monoisotopic (exact) mass is 305 g/mol. The Morgan fingerprint density at radius 1 is 1.38 bits per heavy atom. The average molecular weight is 305 g/mol. The van der Waals surface area contributed by atoms with Crippen LogP contribution in [0.3, 0.4) is 0 Å². The normalized spacial score (nSPS) is 13.1. The van der Waals surface area contributed by atoms with Crippen LogP contribution in [0.2, 0.25) is 0 Å². The zero-order chi connectivity index (χ0) is 15.1. The highest BCUT2D eigenvalue weighted by Crippen LogP contribution is 2.25. The summed E-state index contributed by atoms with van der Waals surface area (Å²) in [5.41, 5.74) is 3.09. The van der Waals surface area contributed by atoms with Gasteiger partial charge in [-0.2, -0.15) is 5.10 Å². The minimum atomic E-state index is -0.0105.